The van der Waals surface area contributed by atoms with Crippen LogP contribution in [0.25, 0.3) is 0 Å². The average Bonchev–Trinajstić information content (AvgIpc) is 2.61. The summed E-state index contributed by atoms with van der Waals surface area (Å²) in [7, 11) is -3.82. The monoisotopic (exact) mass is 426 g/mol. The highest BCUT2D eigenvalue weighted by molar-refractivity contribution is 7.92. The molecule has 2 aromatic rings. The summed E-state index contributed by atoms with van der Waals surface area (Å²) in [5, 5.41) is 2.65. The fourth-order valence-electron chi connectivity index (χ4n) is 2.93. The molecule has 0 aliphatic heterocycles. The summed E-state index contributed by atoms with van der Waals surface area (Å²) in [5.74, 6) is -1.11. The van der Waals surface area contributed by atoms with Crippen LogP contribution in [0.3, 0.4) is 0 Å². The second kappa shape index (κ2) is 8.92. The van der Waals surface area contributed by atoms with E-state index in [-0.39, 0.29) is 23.2 Å². The number of sulfonamides is 1. The van der Waals surface area contributed by atoms with Crippen molar-refractivity contribution in [3.05, 3.63) is 64.4 Å². The molecule has 0 aliphatic rings. The van der Waals surface area contributed by atoms with E-state index in [0.29, 0.717) is 0 Å². The molecule has 2 atom stereocenters. The van der Waals surface area contributed by atoms with Crippen LogP contribution >= 0.6 is 11.6 Å². The van der Waals surface area contributed by atoms with Crippen LogP contribution in [-0.2, 0) is 14.8 Å². The summed E-state index contributed by atoms with van der Waals surface area (Å²) in [4.78, 5) is 12.9. The molecule has 1 amide bonds. The van der Waals surface area contributed by atoms with Gasteiger partial charge in [-0.2, -0.15) is 0 Å². The van der Waals surface area contributed by atoms with Crippen LogP contribution in [0, 0.1) is 12.7 Å². The zero-order valence-electron chi connectivity index (χ0n) is 16.2. The molecule has 1 N–H and O–H groups in total. The molecule has 0 bridgehead atoms. The Hall–Kier alpha value is -2.12. The maximum Gasteiger partial charge on any atom is 0.244 e. The SMILES string of the molecule is CC[C@H](C(=O)N[C@@H](C)c1ccc(C)cc1)N(c1ccc(F)c(Cl)c1)S(C)(=O)=O. The first kappa shape index (κ1) is 22.2. The van der Waals surface area contributed by atoms with E-state index in [2.05, 4.69) is 5.32 Å². The van der Waals surface area contributed by atoms with Crippen LogP contribution in [-0.4, -0.2) is 26.6 Å². The van der Waals surface area contributed by atoms with Gasteiger partial charge in [0.25, 0.3) is 0 Å². The molecule has 8 heteroatoms. The fourth-order valence-corrected chi connectivity index (χ4v) is 4.31. The standard InChI is InChI=1S/C20H24ClFN2O3S/c1-5-19(20(25)23-14(3)15-8-6-13(2)7-9-15)24(28(4,26)27)16-10-11-18(22)17(21)12-16/h6-12,14,19H,5H2,1-4H3,(H,23,25)/t14-,19+/m0/s1. The number of amides is 1. The molecule has 28 heavy (non-hydrogen) atoms. The molecular formula is C20H24ClFN2O3S. The first-order valence-corrected chi connectivity index (χ1v) is 11.1. The number of hydrogen-bond donors (Lipinski definition) is 1. The topological polar surface area (TPSA) is 66.5 Å². The van der Waals surface area contributed by atoms with Crippen molar-refractivity contribution in [2.45, 2.75) is 39.3 Å². The van der Waals surface area contributed by atoms with Crippen LogP contribution in [0.4, 0.5) is 10.1 Å². The van der Waals surface area contributed by atoms with Gasteiger partial charge in [0, 0.05) is 0 Å². The fraction of sp³-hybridized carbons (Fsp3) is 0.350. The van der Waals surface area contributed by atoms with Gasteiger partial charge >= 0.3 is 0 Å². The third kappa shape index (κ3) is 5.23. The summed E-state index contributed by atoms with van der Waals surface area (Å²) >= 11 is 5.82. The Kier molecular flexibility index (Phi) is 7.06. The van der Waals surface area contributed by atoms with Gasteiger partial charge in [0.2, 0.25) is 15.9 Å². The predicted molar refractivity (Wildman–Crippen MR) is 111 cm³/mol. The maximum absolute atomic E-state index is 13.5. The zero-order valence-corrected chi connectivity index (χ0v) is 17.8. The highest BCUT2D eigenvalue weighted by Crippen LogP contribution is 2.27. The smallest absolute Gasteiger partial charge is 0.244 e. The van der Waals surface area contributed by atoms with E-state index in [1.807, 2.05) is 38.1 Å². The van der Waals surface area contributed by atoms with E-state index in [1.165, 1.54) is 12.1 Å². The second-order valence-electron chi connectivity index (χ2n) is 6.72. The molecule has 0 saturated carbocycles. The van der Waals surface area contributed by atoms with Crippen molar-refractivity contribution in [3.63, 3.8) is 0 Å². The molecule has 5 nitrogen and oxygen atoms in total. The summed E-state index contributed by atoms with van der Waals surface area (Å²) in [5.41, 5.74) is 2.15. The Balaban J connectivity index is 2.33. The van der Waals surface area contributed by atoms with Gasteiger partial charge < -0.3 is 5.32 Å². The molecule has 2 aromatic carbocycles. The molecular weight excluding hydrogens is 403 g/mol. The number of carbonyl (C=O) groups is 1. The van der Waals surface area contributed by atoms with Gasteiger partial charge in [-0.3, -0.25) is 9.10 Å². The highest BCUT2D eigenvalue weighted by Gasteiger charge is 2.32. The van der Waals surface area contributed by atoms with Crippen LogP contribution in [0.1, 0.15) is 37.4 Å². The highest BCUT2D eigenvalue weighted by atomic mass is 35.5. The lowest BCUT2D eigenvalue weighted by Gasteiger charge is -2.31. The van der Waals surface area contributed by atoms with E-state index >= 15 is 0 Å². The lowest BCUT2D eigenvalue weighted by molar-refractivity contribution is -0.122. The second-order valence-corrected chi connectivity index (χ2v) is 8.99. The van der Waals surface area contributed by atoms with Crippen molar-refractivity contribution >= 4 is 33.2 Å². The Morgan fingerprint density at radius 1 is 1.21 bits per heavy atom. The molecule has 0 aliphatic carbocycles. The third-order valence-electron chi connectivity index (χ3n) is 4.42. The molecule has 0 fully saturated rings. The Labute approximate surface area is 170 Å². The van der Waals surface area contributed by atoms with Crippen molar-refractivity contribution in [2.75, 3.05) is 10.6 Å². The van der Waals surface area contributed by atoms with E-state index in [1.54, 1.807) is 6.92 Å². The maximum atomic E-state index is 13.5. The lowest BCUT2D eigenvalue weighted by Crippen LogP contribution is -2.49. The number of halogens is 2. The number of anilines is 1. The van der Waals surface area contributed by atoms with Gasteiger partial charge in [0.1, 0.15) is 11.9 Å². The third-order valence-corrected chi connectivity index (χ3v) is 5.89. The normalized spacial score (nSPS) is 13.6. The number of nitrogens with one attached hydrogen (secondary N) is 1. The van der Waals surface area contributed by atoms with Crippen molar-refractivity contribution in [2.24, 2.45) is 0 Å². The minimum absolute atomic E-state index is 0.138. The van der Waals surface area contributed by atoms with E-state index in [0.717, 1.165) is 27.8 Å². The van der Waals surface area contributed by atoms with E-state index in [4.69, 9.17) is 11.6 Å². The zero-order chi connectivity index (χ0) is 21.1. The van der Waals surface area contributed by atoms with E-state index in [9.17, 15) is 17.6 Å². The van der Waals surface area contributed by atoms with Crippen molar-refractivity contribution < 1.29 is 17.6 Å². The summed E-state index contributed by atoms with van der Waals surface area (Å²) < 4.78 is 39.4. The van der Waals surface area contributed by atoms with Gasteiger partial charge in [0.15, 0.2) is 0 Å². The van der Waals surface area contributed by atoms with E-state index < -0.39 is 27.8 Å². The summed E-state index contributed by atoms with van der Waals surface area (Å²) in [6.07, 6.45) is 1.23. The Morgan fingerprint density at radius 3 is 2.32 bits per heavy atom. The van der Waals surface area contributed by atoms with Crippen molar-refractivity contribution in [1.82, 2.24) is 5.32 Å². The quantitative estimate of drug-likeness (QED) is 0.721. The Morgan fingerprint density at radius 2 is 1.82 bits per heavy atom. The largest absolute Gasteiger partial charge is 0.348 e. The van der Waals surface area contributed by atoms with Gasteiger partial charge in [-0.1, -0.05) is 48.4 Å². The Bertz CT molecular complexity index is 948. The number of rotatable bonds is 7. The van der Waals surface area contributed by atoms with Gasteiger partial charge in [-0.05, 0) is 44.0 Å². The lowest BCUT2D eigenvalue weighted by atomic mass is 10.1. The van der Waals surface area contributed by atoms with Crippen LogP contribution in [0.15, 0.2) is 42.5 Å². The molecule has 2 rings (SSSR count). The number of nitrogens with zero attached hydrogens (tertiary/aromatic N) is 1. The minimum Gasteiger partial charge on any atom is -0.348 e. The summed E-state index contributed by atoms with van der Waals surface area (Å²) in [6, 6.07) is 9.99. The molecule has 0 unspecified atom stereocenters. The van der Waals surface area contributed by atoms with Gasteiger partial charge in [0.05, 0.1) is 23.0 Å². The number of carbonyl (C=O) groups excluding carboxylic acids is 1. The molecule has 152 valence electrons. The van der Waals surface area contributed by atoms with Crippen molar-refractivity contribution in [1.29, 1.82) is 0 Å². The first-order chi connectivity index (χ1) is 13.0. The molecule has 0 aromatic heterocycles. The number of aryl methyl sites for hydroxylation is 1. The van der Waals surface area contributed by atoms with Crippen LogP contribution in [0.5, 0.6) is 0 Å². The molecule has 0 radical (unpaired) electrons. The number of hydrogen-bond acceptors (Lipinski definition) is 3. The molecule has 0 heterocycles. The van der Waals surface area contributed by atoms with Crippen molar-refractivity contribution in [3.8, 4) is 0 Å². The van der Waals surface area contributed by atoms with Crippen LogP contribution < -0.4 is 9.62 Å². The molecule has 0 saturated heterocycles. The van der Waals surface area contributed by atoms with Crippen LogP contribution in [0.2, 0.25) is 5.02 Å². The predicted octanol–water partition coefficient (Wildman–Crippen LogP) is 4.21. The first-order valence-electron chi connectivity index (χ1n) is 8.86. The molecule has 0 spiro atoms. The minimum atomic E-state index is -3.82. The van der Waals surface area contributed by atoms with Gasteiger partial charge in [-0.25, -0.2) is 12.8 Å². The van der Waals surface area contributed by atoms with Gasteiger partial charge in [-0.15, -0.1) is 0 Å². The summed E-state index contributed by atoms with van der Waals surface area (Å²) in [6.45, 7) is 5.51. The average molecular weight is 427 g/mol. The number of benzene rings is 2.